The fourth-order valence-corrected chi connectivity index (χ4v) is 1.49. The van der Waals surface area contributed by atoms with E-state index in [1.807, 2.05) is 18.2 Å². The van der Waals surface area contributed by atoms with Crippen molar-refractivity contribution in [3.63, 3.8) is 0 Å². The van der Waals surface area contributed by atoms with E-state index in [1.165, 1.54) is 0 Å². The van der Waals surface area contributed by atoms with E-state index in [9.17, 15) is 10.0 Å². The third-order valence-corrected chi connectivity index (χ3v) is 2.44. The molecule has 68 valence electrons. The molecule has 0 amide bonds. The predicted octanol–water partition coefficient (Wildman–Crippen LogP) is 0.0243. The molecule has 1 aliphatic rings. The first kappa shape index (κ1) is 8.41. The molecule has 1 aliphatic heterocycles. The van der Waals surface area contributed by atoms with Crippen LogP contribution in [0.3, 0.4) is 0 Å². The molecule has 0 aliphatic carbocycles. The smallest absolute Gasteiger partial charge is 0.220 e. The maximum atomic E-state index is 11.6. The average molecular weight is 177 g/mol. The molecule has 2 rings (SSSR count). The lowest BCUT2D eigenvalue weighted by Crippen LogP contribution is -3.19. The second-order valence-electron chi connectivity index (χ2n) is 3.29. The van der Waals surface area contributed by atoms with E-state index < -0.39 is 0 Å². The minimum Gasteiger partial charge on any atom is -0.634 e. The van der Waals surface area contributed by atoms with Crippen LogP contribution in [0.4, 0.5) is 0 Å². The van der Waals surface area contributed by atoms with Crippen LogP contribution >= 0.6 is 0 Å². The van der Waals surface area contributed by atoms with E-state index in [4.69, 9.17) is 0 Å². The summed E-state index contributed by atoms with van der Waals surface area (Å²) in [6.45, 7) is 0.573. The first-order chi connectivity index (χ1) is 6.29. The summed E-state index contributed by atoms with van der Waals surface area (Å²) in [5.41, 5.74) is 0.653. The van der Waals surface area contributed by atoms with Gasteiger partial charge in [-0.25, -0.2) is 0 Å². The number of carbonyl (C=O) groups is 1. The molecule has 0 bridgehead atoms. The molecule has 0 aromatic heterocycles. The molecular weight excluding hydrogens is 166 g/mol. The zero-order valence-corrected chi connectivity index (χ0v) is 7.19. The third-order valence-electron chi connectivity index (χ3n) is 2.44. The normalized spacial score (nSPS) is 26.5. The quantitative estimate of drug-likeness (QED) is 0.511. The second kappa shape index (κ2) is 3.28. The summed E-state index contributed by atoms with van der Waals surface area (Å²) in [5.74, 6) is -0.0168. The number of benzene rings is 1. The van der Waals surface area contributed by atoms with Crippen LogP contribution < -0.4 is 5.06 Å². The molecule has 0 spiro atoms. The van der Waals surface area contributed by atoms with Gasteiger partial charge in [-0.1, -0.05) is 30.3 Å². The highest BCUT2D eigenvalue weighted by Crippen LogP contribution is 2.06. The van der Waals surface area contributed by atoms with Gasteiger partial charge in [0.05, 0.1) is 13.0 Å². The molecule has 1 aromatic rings. The minimum atomic E-state index is -0.345. The van der Waals surface area contributed by atoms with Crippen molar-refractivity contribution in [2.45, 2.75) is 12.5 Å². The van der Waals surface area contributed by atoms with E-state index in [0.717, 1.165) is 6.42 Å². The Morgan fingerprint density at radius 1 is 1.38 bits per heavy atom. The SMILES string of the molecule is O=C(c1ccccc1)C1CC[NH+]1[O-]. The maximum absolute atomic E-state index is 11.6. The van der Waals surface area contributed by atoms with Gasteiger partial charge in [-0.2, -0.15) is 0 Å². The lowest BCUT2D eigenvalue weighted by molar-refractivity contribution is -0.908. The Balaban J connectivity index is 2.14. The summed E-state index contributed by atoms with van der Waals surface area (Å²) in [6, 6.07) is 8.66. The van der Waals surface area contributed by atoms with Crippen molar-refractivity contribution in [3.05, 3.63) is 41.1 Å². The number of hydroxylamine groups is 2. The van der Waals surface area contributed by atoms with Crippen molar-refractivity contribution in [1.29, 1.82) is 0 Å². The molecule has 2 unspecified atom stereocenters. The van der Waals surface area contributed by atoms with E-state index in [-0.39, 0.29) is 16.9 Å². The lowest BCUT2D eigenvalue weighted by Gasteiger charge is -2.38. The Morgan fingerprint density at radius 2 is 2.08 bits per heavy atom. The highest BCUT2D eigenvalue weighted by atomic mass is 16.5. The third kappa shape index (κ3) is 1.48. The van der Waals surface area contributed by atoms with Gasteiger partial charge in [0.1, 0.15) is 0 Å². The van der Waals surface area contributed by atoms with E-state index >= 15 is 0 Å². The van der Waals surface area contributed by atoms with Crippen molar-refractivity contribution in [2.75, 3.05) is 6.54 Å². The molecule has 1 saturated heterocycles. The van der Waals surface area contributed by atoms with Crippen LogP contribution in [0, 0.1) is 5.21 Å². The highest BCUT2D eigenvalue weighted by Gasteiger charge is 2.33. The molecule has 0 radical (unpaired) electrons. The zero-order chi connectivity index (χ0) is 9.26. The molecule has 1 heterocycles. The monoisotopic (exact) mass is 177 g/mol. The van der Waals surface area contributed by atoms with Crippen molar-refractivity contribution in [3.8, 4) is 0 Å². The van der Waals surface area contributed by atoms with E-state index in [0.29, 0.717) is 12.1 Å². The molecule has 1 N–H and O–H groups in total. The molecular formula is C10H11NO2. The number of quaternary nitrogens is 1. The fraction of sp³-hybridized carbons (Fsp3) is 0.300. The fourth-order valence-electron chi connectivity index (χ4n) is 1.49. The van der Waals surface area contributed by atoms with Crippen molar-refractivity contribution >= 4 is 5.78 Å². The molecule has 0 saturated carbocycles. The Hall–Kier alpha value is -1.19. The summed E-state index contributed by atoms with van der Waals surface area (Å²) in [4.78, 5) is 11.6. The van der Waals surface area contributed by atoms with Crippen molar-refractivity contribution in [2.24, 2.45) is 0 Å². The number of nitrogens with one attached hydrogen (secondary N) is 1. The first-order valence-electron chi connectivity index (χ1n) is 4.41. The van der Waals surface area contributed by atoms with Crippen LogP contribution in [0.15, 0.2) is 30.3 Å². The van der Waals surface area contributed by atoms with E-state index in [1.54, 1.807) is 12.1 Å². The van der Waals surface area contributed by atoms with Gasteiger partial charge in [-0.15, -0.1) is 0 Å². The summed E-state index contributed by atoms with van der Waals surface area (Å²) in [6.07, 6.45) is 0.729. The Bertz CT molecular complexity index is 310. The number of hydrogen-bond donors (Lipinski definition) is 1. The van der Waals surface area contributed by atoms with Gasteiger partial charge in [0.2, 0.25) is 5.78 Å². The van der Waals surface area contributed by atoms with Gasteiger partial charge in [-0.05, 0) is 0 Å². The Labute approximate surface area is 76.6 Å². The lowest BCUT2D eigenvalue weighted by atomic mass is 9.96. The van der Waals surface area contributed by atoms with Gasteiger partial charge in [0, 0.05) is 5.56 Å². The summed E-state index contributed by atoms with van der Waals surface area (Å²) >= 11 is 0. The van der Waals surface area contributed by atoms with Crippen LogP contribution in [-0.2, 0) is 0 Å². The zero-order valence-electron chi connectivity index (χ0n) is 7.19. The molecule has 3 heteroatoms. The van der Waals surface area contributed by atoms with Gasteiger partial charge in [-0.3, -0.25) is 4.79 Å². The van der Waals surface area contributed by atoms with Crippen LogP contribution in [0.2, 0.25) is 0 Å². The van der Waals surface area contributed by atoms with Crippen LogP contribution in [0.25, 0.3) is 0 Å². The molecule has 1 fully saturated rings. The topological polar surface area (TPSA) is 44.6 Å². The summed E-state index contributed by atoms with van der Waals surface area (Å²) < 4.78 is 0. The summed E-state index contributed by atoms with van der Waals surface area (Å²) in [5, 5.41) is 11.1. The minimum absolute atomic E-state index is 0.0168. The molecule has 2 atom stereocenters. The number of rotatable bonds is 2. The highest BCUT2D eigenvalue weighted by molar-refractivity contribution is 5.99. The second-order valence-corrected chi connectivity index (χ2v) is 3.29. The van der Waals surface area contributed by atoms with Gasteiger partial charge in [0.25, 0.3) is 0 Å². The summed E-state index contributed by atoms with van der Waals surface area (Å²) in [7, 11) is 0. The van der Waals surface area contributed by atoms with Crippen molar-refractivity contribution < 1.29 is 9.86 Å². The number of hydrogen-bond acceptors (Lipinski definition) is 2. The van der Waals surface area contributed by atoms with Gasteiger partial charge < -0.3 is 10.3 Å². The molecule has 3 nitrogen and oxygen atoms in total. The van der Waals surface area contributed by atoms with E-state index in [2.05, 4.69) is 0 Å². The first-order valence-corrected chi connectivity index (χ1v) is 4.41. The van der Waals surface area contributed by atoms with Crippen LogP contribution in [-0.4, -0.2) is 18.4 Å². The average Bonchev–Trinajstić information content (AvgIpc) is 2.17. The Morgan fingerprint density at radius 3 is 2.54 bits per heavy atom. The largest absolute Gasteiger partial charge is 0.634 e. The Kier molecular flexibility index (Phi) is 2.12. The number of ketones is 1. The molecule has 1 aromatic carbocycles. The molecule has 13 heavy (non-hydrogen) atoms. The van der Waals surface area contributed by atoms with Gasteiger partial charge >= 0.3 is 0 Å². The van der Waals surface area contributed by atoms with Crippen LogP contribution in [0.1, 0.15) is 16.8 Å². The van der Waals surface area contributed by atoms with Gasteiger partial charge in [0.15, 0.2) is 6.04 Å². The standard InChI is InChI=1S/C10H11NO2/c12-10(9-6-7-11(9)13)8-4-2-1-3-5-8/h1-5,9,11H,6-7H2. The number of Topliss-reactive ketones (excluding diaryl/α,β-unsaturated/α-hetero) is 1. The van der Waals surface area contributed by atoms with Crippen molar-refractivity contribution in [1.82, 2.24) is 0 Å². The predicted molar refractivity (Wildman–Crippen MR) is 48.4 cm³/mol. The number of carbonyl (C=O) groups excluding carboxylic acids is 1. The maximum Gasteiger partial charge on any atom is 0.220 e. The van der Waals surface area contributed by atoms with Crippen LogP contribution in [0.5, 0.6) is 0 Å².